The van der Waals surface area contributed by atoms with E-state index in [1.165, 1.54) is 0 Å². The van der Waals surface area contributed by atoms with Crippen LogP contribution in [0.5, 0.6) is 11.5 Å². The first-order chi connectivity index (χ1) is 13.3. The summed E-state index contributed by atoms with van der Waals surface area (Å²) in [6.07, 6.45) is 3.07. The van der Waals surface area contributed by atoms with Crippen LogP contribution in [0.2, 0.25) is 0 Å². The molecule has 2 aromatic carbocycles. The van der Waals surface area contributed by atoms with Gasteiger partial charge >= 0.3 is 0 Å². The number of carbonyl (C=O) groups is 1. The van der Waals surface area contributed by atoms with Gasteiger partial charge in [0, 0.05) is 6.54 Å². The Kier molecular flexibility index (Phi) is 5.25. The van der Waals surface area contributed by atoms with Gasteiger partial charge in [0.2, 0.25) is 0 Å². The van der Waals surface area contributed by atoms with Crippen LogP contribution in [-0.4, -0.2) is 36.1 Å². The van der Waals surface area contributed by atoms with Crippen molar-refractivity contribution in [3.8, 4) is 11.5 Å². The lowest BCUT2D eigenvalue weighted by Crippen LogP contribution is -2.41. The van der Waals surface area contributed by atoms with Gasteiger partial charge in [-0.3, -0.25) is 4.79 Å². The third kappa shape index (κ3) is 3.76. The summed E-state index contributed by atoms with van der Waals surface area (Å²) in [5.41, 5.74) is 1.00. The zero-order chi connectivity index (χ0) is 18.6. The van der Waals surface area contributed by atoms with Crippen molar-refractivity contribution in [1.29, 1.82) is 0 Å². The van der Waals surface area contributed by atoms with E-state index in [0.717, 1.165) is 41.0 Å². The van der Waals surface area contributed by atoms with Crippen LogP contribution in [0, 0.1) is 0 Å². The number of thiazole rings is 1. The maximum absolute atomic E-state index is 12.9. The fourth-order valence-electron chi connectivity index (χ4n) is 3.48. The molecule has 0 bridgehead atoms. The Hall–Kier alpha value is -2.60. The number of ether oxygens (including phenoxy) is 2. The first-order valence-electron chi connectivity index (χ1n) is 9.17. The largest absolute Gasteiger partial charge is 0.493 e. The Bertz CT molecular complexity index is 907. The van der Waals surface area contributed by atoms with Gasteiger partial charge in [0.05, 0.1) is 23.4 Å². The van der Waals surface area contributed by atoms with Crippen molar-refractivity contribution >= 4 is 27.5 Å². The molecule has 0 radical (unpaired) electrons. The molecule has 1 amide bonds. The van der Waals surface area contributed by atoms with Gasteiger partial charge in [0.25, 0.3) is 5.91 Å². The van der Waals surface area contributed by atoms with Crippen molar-refractivity contribution in [1.82, 2.24) is 9.88 Å². The minimum Gasteiger partial charge on any atom is -0.493 e. The second kappa shape index (κ2) is 7.96. The summed E-state index contributed by atoms with van der Waals surface area (Å²) in [7, 11) is 1.60. The Morgan fingerprint density at radius 3 is 2.74 bits per heavy atom. The van der Waals surface area contributed by atoms with Crippen molar-refractivity contribution in [2.45, 2.75) is 25.3 Å². The molecule has 4 rings (SSSR count). The second-order valence-electron chi connectivity index (χ2n) is 6.56. The molecule has 1 unspecified atom stereocenters. The number of fused-ring (bicyclic) bond motifs is 1. The number of hydrogen-bond donors (Lipinski definition) is 0. The molecular formula is C21H22N2O3S. The van der Waals surface area contributed by atoms with Crippen molar-refractivity contribution in [3.63, 3.8) is 0 Å². The molecule has 5 nitrogen and oxygen atoms in total. The Morgan fingerprint density at radius 1 is 1.15 bits per heavy atom. The molecule has 1 aliphatic rings. The van der Waals surface area contributed by atoms with Gasteiger partial charge in [0.15, 0.2) is 18.1 Å². The number of aromatic nitrogens is 1. The van der Waals surface area contributed by atoms with Gasteiger partial charge in [-0.05, 0) is 43.5 Å². The lowest BCUT2D eigenvalue weighted by Gasteiger charge is -2.34. The fourth-order valence-corrected chi connectivity index (χ4v) is 4.60. The predicted molar refractivity (Wildman–Crippen MR) is 106 cm³/mol. The Balaban J connectivity index is 1.50. The van der Waals surface area contributed by atoms with Crippen LogP contribution in [0.1, 0.15) is 30.3 Å². The highest BCUT2D eigenvalue weighted by atomic mass is 32.1. The summed E-state index contributed by atoms with van der Waals surface area (Å²) >= 11 is 1.68. The number of piperidine rings is 1. The summed E-state index contributed by atoms with van der Waals surface area (Å²) in [5, 5.41) is 1.02. The molecule has 0 saturated carbocycles. The smallest absolute Gasteiger partial charge is 0.261 e. The van der Waals surface area contributed by atoms with Gasteiger partial charge in [-0.1, -0.05) is 24.3 Å². The number of methoxy groups -OCH3 is 1. The van der Waals surface area contributed by atoms with E-state index in [-0.39, 0.29) is 18.6 Å². The third-order valence-electron chi connectivity index (χ3n) is 4.84. The molecule has 1 aromatic heterocycles. The summed E-state index contributed by atoms with van der Waals surface area (Å²) in [4.78, 5) is 19.6. The maximum atomic E-state index is 12.9. The highest BCUT2D eigenvalue weighted by Gasteiger charge is 2.30. The monoisotopic (exact) mass is 382 g/mol. The van der Waals surface area contributed by atoms with E-state index < -0.39 is 0 Å². The predicted octanol–water partition coefficient (Wildman–Crippen LogP) is 4.44. The first-order valence-corrected chi connectivity index (χ1v) is 9.98. The minimum absolute atomic E-state index is 0.00175. The molecule has 1 fully saturated rings. The fraction of sp³-hybridized carbons (Fsp3) is 0.333. The van der Waals surface area contributed by atoms with Gasteiger partial charge in [-0.15, -0.1) is 11.3 Å². The highest BCUT2D eigenvalue weighted by molar-refractivity contribution is 7.18. The molecule has 1 saturated heterocycles. The van der Waals surface area contributed by atoms with Crippen LogP contribution in [-0.2, 0) is 4.79 Å². The molecule has 140 valence electrons. The van der Waals surface area contributed by atoms with E-state index in [9.17, 15) is 4.79 Å². The zero-order valence-corrected chi connectivity index (χ0v) is 16.1. The van der Waals surface area contributed by atoms with Crippen LogP contribution in [0.15, 0.2) is 48.5 Å². The van der Waals surface area contributed by atoms with Crippen LogP contribution < -0.4 is 9.47 Å². The first kappa shape index (κ1) is 17.8. The quantitative estimate of drug-likeness (QED) is 0.655. The number of carbonyl (C=O) groups excluding carboxylic acids is 1. The molecule has 0 aliphatic carbocycles. The van der Waals surface area contributed by atoms with E-state index >= 15 is 0 Å². The topological polar surface area (TPSA) is 51.7 Å². The summed E-state index contributed by atoms with van der Waals surface area (Å²) < 4.78 is 12.2. The molecule has 0 N–H and O–H groups in total. The Labute approximate surface area is 162 Å². The lowest BCUT2D eigenvalue weighted by atomic mass is 10.0. The molecule has 0 spiro atoms. The number of hydrogen-bond acceptors (Lipinski definition) is 5. The van der Waals surface area contributed by atoms with Gasteiger partial charge < -0.3 is 14.4 Å². The SMILES string of the molecule is COc1ccccc1OCC(=O)N1CCCCC1c1nc2ccccc2s1. The summed E-state index contributed by atoms with van der Waals surface area (Å²) in [6, 6.07) is 15.5. The number of amides is 1. The molecule has 1 atom stereocenters. The molecular weight excluding hydrogens is 360 g/mol. The van der Waals surface area contributed by atoms with Crippen LogP contribution >= 0.6 is 11.3 Å². The standard InChI is InChI=1S/C21H22N2O3S/c1-25-17-10-3-4-11-18(17)26-14-20(24)23-13-7-6-9-16(23)21-22-15-8-2-5-12-19(15)27-21/h2-5,8,10-12,16H,6-7,9,13-14H2,1H3. The van der Waals surface area contributed by atoms with Crippen molar-refractivity contribution in [2.75, 3.05) is 20.3 Å². The zero-order valence-electron chi connectivity index (χ0n) is 15.3. The lowest BCUT2D eigenvalue weighted by molar-refractivity contribution is -0.137. The van der Waals surface area contributed by atoms with Crippen molar-refractivity contribution in [3.05, 3.63) is 53.5 Å². The molecule has 1 aliphatic heterocycles. The molecule has 3 aromatic rings. The molecule has 2 heterocycles. The number of benzene rings is 2. The van der Waals surface area contributed by atoms with Gasteiger partial charge in [-0.25, -0.2) is 4.98 Å². The number of likely N-dealkylation sites (tertiary alicyclic amines) is 1. The van der Waals surface area contributed by atoms with Crippen molar-refractivity contribution in [2.24, 2.45) is 0 Å². The van der Waals surface area contributed by atoms with Crippen LogP contribution in [0.3, 0.4) is 0 Å². The van der Waals surface area contributed by atoms with Crippen molar-refractivity contribution < 1.29 is 14.3 Å². The number of para-hydroxylation sites is 3. The van der Waals surface area contributed by atoms with E-state index in [1.807, 2.05) is 47.4 Å². The van der Waals surface area contributed by atoms with E-state index in [1.54, 1.807) is 18.4 Å². The van der Waals surface area contributed by atoms with Gasteiger partial charge in [0.1, 0.15) is 5.01 Å². The highest BCUT2D eigenvalue weighted by Crippen LogP contribution is 2.36. The van der Waals surface area contributed by atoms with E-state index in [2.05, 4.69) is 6.07 Å². The minimum atomic E-state index is -0.00939. The number of rotatable bonds is 5. The van der Waals surface area contributed by atoms with E-state index in [0.29, 0.717) is 11.5 Å². The van der Waals surface area contributed by atoms with Crippen LogP contribution in [0.25, 0.3) is 10.2 Å². The maximum Gasteiger partial charge on any atom is 0.261 e. The normalized spacial score (nSPS) is 17.1. The summed E-state index contributed by atoms with van der Waals surface area (Å²) in [5.74, 6) is 1.21. The third-order valence-corrected chi connectivity index (χ3v) is 5.98. The summed E-state index contributed by atoms with van der Waals surface area (Å²) in [6.45, 7) is 0.747. The second-order valence-corrected chi connectivity index (χ2v) is 7.62. The van der Waals surface area contributed by atoms with Gasteiger partial charge in [-0.2, -0.15) is 0 Å². The van der Waals surface area contributed by atoms with Crippen LogP contribution in [0.4, 0.5) is 0 Å². The average Bonchev–Trinajstić information content (AvgIpc) is 3.16. The average molecular weight is 382 g/mol. The number of nitrogens with zero attached hydrogens (tertiary/aromatic N) is 2. The molecule has 27 heavy (non-hydrogen) atoms. The van der Waals surface area contributed by atoms with E-state index in [4.69, 9.17) is 14.5 Å². The molecule has 6 heteroatoms. The Morgan fingerprint density at radius 2 is 1.93 bits per heavy atom.